The van der Waals surface area contributed by atoms with Crippen molar-refractivity contribution in [3.8, 4) is 28.7 Å². The molecule has 3 heterocycles. The van der Waals surface area contributed by atoms with Crippen LogP contribution in [0.25, 0.3) is 50.5 Å². The summed E-state index contributed by atoms with van der Waals surface area (Å²) < 4.78 is 2.24. The number of unbranched alkanes of at least 4 members (excludes halogenated alkanes) is 2. The van der Waals surface area contributed by atoms with E-state index >= 15 is 0 Å². The monoisotopic (exact) mass is 540 g/mol. The Morgan fingerprint density at radius 3 is 2.02 bits per heavy atom. The number of para-hydroxylation sites is 1. The van der Waals surface area contributed by atoms with Crippen molar-refractivity contribution in [2.24, 2.45) is 0 Å². The molecule has 0 amide bonds. The number of rotatable bonds is 7. The molecule has 40 heavy (non-hydrogen) atoms. The maximum Gasteiger partial charge on any atom is 0.238 e. The van der Waals surface area contributed by atoms with Gasteiger partial charge in [0.15, 0.2) is 11.6 Å². The zero-order chi connectivity index (χ0) is 27.1. The molecule has 4 nitrogen and oxygen atoms in total. The van der Waals surface area contributed by atoms with Gasteiger partial charge in [0.2, 0.25) is 5.95 Å². The smallest absolute Gasteiger partial charge is 0.238 e. The molecule has 0 bridgehead atoms. The third kappa shape index (κ3) is 4.29. The van der Waals surface area contributed by atoms with E-state index in [1.54, 1.807) is 0 Å². The topological polar surface area (TPSA) is 43.6 Å². The van der Waals surface area contributed by atoms with E-state index in [1.807, 2.05) is 36.4 Å². The van der Waals surface area contributed by atoms with Gasteiger partial charge in [-0.1, -0.05) is 118 Å². The Balaban J connectivity index is 1.45. The molecule has 0 radical (unpaired) electrons. The normalized spacial score (nSPS) is 16.6. The van der Waals surface area contributed by atoms with Crippen LogP contribution in [0.3, 0.4) is 0 Å². The van der Waals surface area contributed by atoms with Crippen LogP contribution in [0.5, 0.6) is 0 Å². The minimum absolute atomic E-state index is 0.551. The molecule has 2 atom stereocenters. The highest BCUT2D eigenvalue weighted by Gasteiger charge is 2.32. The first kappa shape index (κ1) is 25.0. The van der Waals surface area contributed by atoms with Crippen molar-refractivity contribution < 1.29 is 0 Å². The second-order valence-corrected chi connectivity index (χ2v) is 11.9. The highest BCUT2D eigenvalue weighted by atomic mass is 32.2. The van der Waals surface area contributed by atoms with Crippen molar-refractivity contribution in [1.29, 1.82) is 0 Å². The molecule has 7 rings (SSSR count). The summed E-state index contributed by atoms with van der Waals surface area (Å²) in [5, 5.41) is 3.21. The van der Waals surface area contributed by atoms with E-state index < -0.39 is 0 Å². The van der Waals surface area contributed by atoms with E-state index in [4.69, 9.17) is 15.0 Å². The highest BCUT2D eigenvalue weighted by Crippen LogP contribution is 2.52. The number of benzene rings is 4. The predicted molar refractivity (Wildman–Crippen MR) is 167 cm³/mol. The fourth-order valence-corrected chi connectivity index (χ4v) is 7.66. The van der Waals surface area contributed by atoms with Gasteiger partial charge < -0.3 is 0 Å². The average Bonchev–Trinajstić information content (AvgIpc) is 3.52. The van der Waals surface area contributed by atoms with E-state index in [0.717, 1.165) is 22.2 Å². The molecular formula is C35H32N4S. The minimum atomic E-state index is 0.551. The number of hydrogen-bond acceptors (Lipinski definition) is 4. The lowest BCUT2D eigenvalue weighted by Gasteiger charge is -2.14. The van der Waals surface area contributed by atoms with Gasteiger partial charge in [0.25, 0.3) is 0 Å². The Kier molecular flexibility index (Phi) is 6.60. The number of thioether (sulfide) groups is 1. The molecule has 0 spiro atoms. The molecule has 0 N–H and O–H groups in total. The molecule has 1 aliphatic heterocycles. The van der Waals surface area contributed by atoms with Gasteiger partial charge in [-0.05, 0) is 30.0 Å². The number of nitrogens with zero attached hydrogens (tertiary/aromatic N) is 4. The largest absolute Gasteiger partial charge is 0.278 e. The van der Waals surface area contributed by atoms with Gasteiger partial charge in [-0.25, -0.2) is 4.98 Å². The van der Waals surface area contributed by atoms with Gasteiger partial charge in [-0.2, -0.15) is 9.97 Å². The van der Waals surface area contributed by atoms with Crippen molar-refractivity contribution in [1.82, 2.24) is 19.5 Å². The molecule has 5 heteroatoms. The molecule has 198 valence electrons. The first-order valence-corrected chi connectivity index (χ1v) is 15.2. The molecule has 0 aliphatic carbocycles. The van der Waals surface area contributed by atoms with Crippen LogP contribution < -0.4 is 0 Å². The highest BCUT2D eigenvalue weighted by molar-refractivity contribution is 8.00. The van der Waals surface area contributed by atoms with Gasteiger partial charge in [0.05, 0.1) is 11.0 Å². The van der Waals surface area contributed by atoms with Crippen molar-refractivity contribution >= 4 is 33.6 Å². The van der Waals surface area contributed by atoms with E-state index in [0.29, 0.717) is 28.8 Å². The summed E-state index contributed by atoms with van der Waals surface area (Å²) in [7, 11) is 0. The average molecular weight is 541 g/mol. The van der Waals surface area contributed by atoms with Crippen LogP contribution in [-0.2, 0) is 0 Å². The molecule has 4 aromatic carbocycles. The summed E-state index contributed by atoms with van der Waals surface area (Å²) in [5.41, 5.74) is 5.71. The molecule has 1 aliphatic rings. The molecule has 1 unspecified atom stereocenters. The van der Waals surface area contributed by atoms with Gasteiger partial charge in [0, 0.05) is 32.0 Å². The zero-order valence-corrected chi connectivity index (χ0v) is 23.7. The standard InChI is InChI=1S/C35H32N4S/c1-3-4-7-20-30-23(2)26-21-22-29-31(32(26)40-30)27-18-12-13-19-28(27)39(29)35-37-33(24-14-8-5-9-15-24)36-34(38-35)25-16-10-6-11-17-25/h5-6,8-19,21-23,30H,3-4,7,20H2,1-2H3/t23-,30?/m1/s1. The van der Waals surface area contributed by atoms with E-state index in [-0.39, 0.29) is 0 Å². The van der Waals surface area contributed by atoms with Crippen LogP contribution in [0.15, 0.2) is 102 Å². The summed E-state index contributed by atoms with van der Waals surface area (Å²) in [6.45, 7) is 4.69. The lowest BCUT2D eigenvalue weighted by atomic mass is 9.93. The van der Waals surface area contributed by atoms with Crippen LogP contribution in [-0.4, -0.2) is 24.8 Å². The second kappa shape index (κ2) is 10.5. The zero-order valence-electron chi connectivity index (χ0n) is 22.9. The third-order valence-electron chi connectivity index (χ3n) is 8.12. The van der Waals surface area contributed by atoms with E-state index in [1.165, 1.54) is 46.9 Å². The Labute approximate surface area is 239 Å². The first-order valence-electron chi connectivity index (χ1n) is 14.3. The van der Waals surface area contributed by atoms with Crippen LogP contribution in [0.4, 0.5) is 0 Å². The first-order chi connectivity index (χ1) is 19.7. The SMILES string of the molecule is CCCCCC1Sc2c(ccc3c2c2ccccc2n3-c2nc(-c3ccccc3)nc(-c3ccccc3)n2)[C@H]1C. The van der Waals surface area contributed by atoms with Crippen molar-refractivity contribution in [2.45, 2.75) is 55.6 Å². The van der Waals surface area contributed by atoms with Crippen LogP contribution in [0.2, 0.25) is 0 Å². The van der Waals surface area contributed by atoms with Crippen LogP contribution in [0, 0.1) is 0 Å². The Morgan fingerprint density at radius 2 is 1.35 bits per heavy atom. The van der Waals surface area contributed by atoms with Crippen LogP contribution in [0.1, 0.15) is 51.0 Å². The summed E-state index contributed by atoms with van der Waals surface area (Å²) in [4.78, 5) is 16.5. The minimum Gasteiger partial charge on any atom is -0.278 e. The quantitative estimate of drug-likeness (QED) is 0.189. The number of aromatic nitrogens is 4. The van der Waals surface area contributed by atoms with Crippen LogP contribution >= 0.6 is 11.8 Å². The molecule has 2 aromatic heterocycles. The van der Waals surface area contributed by atoms with E-state index in [9.17, 15) is 0 Å². The maximum atomic E-state index is 5.08. The Morgan fingerprint density at radius 1 is 0.700 bits per heavy atom. The summed E-state index contributed by atoms with van der Waals surface area (Å²) in [5.74, 6) is 2.55. The lowest BCUT2D eigenvalue weighted by Crippen LogP contribution is -2.07. The summed E-state index contributed by atoms with van der Waals surface area (Å²) in [6.07, 6.45) is 5.13. The predicted octanol–water partition coefficient (Wildman–Crippen LogP) is 9.46. The van der Waals surface area contributed by atoms with Gasteiger partial charge in [-0.3, -0.25) is 4.57 Å². The summed E-state index contributed by atoms with van der Waals surface area (Å²) >= 11 is 2.08. The third-order valence-corrected chi connectivity index (χ3v) is 9.74. The van der Waals surface area contributed by atoms with Crippen molar-refractivity contribution in [2.75, 3.05) is 0 Å². The number of hydrogen-bond donors (Lipinski definition) is 0. The number of fused-ring (bicyclic) bond motifs is 5. The fraction of sp³-hybridized carbons (Fsp3) is 0.229. The molecule has 0 fully saturated rings. The lowest BCUT2D eigenvalue weighted by molar-refractivity contribution is 0.600. The van der Waals surface area contributed by atoms with Gasteiger partial charge in [0.1, 0.15) is 0 Å². The van der Waals surface area contributed by atoms with Crippen molar-refractivity contribution in [3.63, 3.8) is 0 Å². The van der Waals surface area contributed by atoms with Gasteiger partial charge in [-0.15, -0.1) is 11.8 Å². The molecular weight excluding hydrogens is 508 g/mol. The van der Waals surface area contributed by atoms with Crippen molar-refractivity contribution in [3.05, 3.63) is 103 Å². The van der Waals surface area contributed by atoms with E-state index in [2.05, 4.69) is 90.8 Å². The molecule has 0 saturated heterocycles. The summed E-state index contributed by atoms with van der Waals surface area (Å²) in [6, 6.07) is 33.7. The second-order valence-electron chi connectivity index (χ2n) is 10.7. The van der Waals surface area contributed by atoms with Gasteiger partial charge >= 0.3 is 0 Å². The maximum absolute atomic E-state index is 5.08. The Bertz CT molecular complexity index is 1750. The Hall–Kier alpha value is -3.96. The molecule has 6 aromatic rings. The fourth-order valence-electron chi connectivity index (χ4n) is 6.00. The molecule has 0 saturated carbocycles.